The van der Waals surface area contributed by atoms with Crippen LogP contribution in [0.3, 0.4) is 0 Å². The number of nitrogens with one attached hydrogen (secondary N) is 3. The summed E-state index contributed by atoms with van der Waals surface area (Å²) in [4.78, 5) is 27.3. The first-order valence-electron chi connectivity index (χ1n) is 10.5. The van der Waals surface area contributed by atoms with E-state index < -0.39 is 11.8 Å². The van der Waals surface area contributed by atoms with E-state index in [9.17, 15) is 19.1 Å². The second-order valence-corrected chi connectivity index (χ2v) is 7.98. The third-order valence-electron chi connectivity index (χ3n) is 5.43. The molecule has 0 aromatic heterocycles. The van der Waals surface area contributed by atoms with Gasteiger partial charge in [-0.3, -0.25) is 4.79 Å². The molecule has 0 saturated heterocycles. The van der Waals surface area contributed by atoms with Crippen LogP contribution in [0, 0.1) is 11.7 Å². The Morgan fingerprint density at radius 3 is 2.53 bits per heavy atom. The van der Waals surface area contributed by atoms with Crippen molar-refractivity contribution in [1.29, 1.82) is 0 Å². The zero-order valence-corrected chi connectivity index (χ0v) is 18.4. The first-order chi connectivity index (χ1) is 15.3. The molecule has 32 heavy (non-hydrogen) atoms. The lowest BCUT2D eigenvalue weighted by Crippen LogP contribution is -2.49. The van der Waals surface area contributed by atoms with Gasteiger partial charge >= 0.3 is 6.03 Å². The van der Waals surface area contributed by atoms with Gasteiger partial charge in [-0.2, -0.15) is 0 Å². The Balaban J connectivity index is 1.86. The zero-order chi connectivity index (χ0) is 23.3. The van der Waals surface area contributed by atoms with Crippen LogP contribution in [0.25, 0.3) is 0 Å². The molecule has 1 aliphatic heterocycles. The van der Waals surface area contributed by atoms with E-state index in [0.717, 1.165) is 0 Å². The van der Waals surface area contributed by atoms with E-state index in [1.165, 1.54) is 24.3 Å². The van der Waals surface area contributed by atoms with Crippen molar-refractivity contribution < 1.29 is 23.8 Å². The number of carbonyl (C=O) groups is 2. The van der Waals surface area contributed by atoms with Crippen LogP contribution in [0.1, 0.15) is 24.2 Å². The third-order valence-corrected chi connectivity index (χ3v) is 5.43. The molecule has 3 rings (SSSR count). The van der Waals surface area contributed by atoms with Crippen molar-refractivity contribution in [2.24, 2.45) is 5.92 Å². The molecule has 9 heteroatoms. The van der Waals surface area contributed by atoms with E-state index in [2.05, 4.69) is 16.0 Å². The van der Waals surface area contributed by atoms with Crippen molar-refractivity contribution in [3.05, 3.63) is 53.8 Å². The molecular weight excluding hydrogens is 415 g/mol. The van der Waals surface area contributed by atoms with Crippen LogP contribution in [-0.4, -0.2) is 60.8 Å². The summed E-state index contributed by atoms with van der Waals surface area (Å²) in [5, 5.41) is 18.1. The van der Waals surface area contributed by atoms with Gasteiger partial charge < -0.3 is 30.7 Å². The van der Waals surface area contributed by atoms with Crippen molar-refractivity contribution in [2.75, 3.05) is 37.4 Å². The summed E-state index contributed by atoms with van der Waals surface area (Å²) in [6.07, 6.45) is -0.180. The molecule has 2 aromatic carbocycles. The highest BCUT2D eigenvalue weighted by Crippen LogP contribution is 2.30. The summed E-state index contributed by atoms with van der Waals surface area (Å²) < 4.78 is 19.2. The summed E-state index contributed by atoms with van der Waals surface area (Å²) in [7, 11) is 1.84. The van der Waals surface area contributed by atoms with Gasteiger partial charge in [0, 0.05) is 30.4 Å². The highest BCUT2D eigenvalue weighted by molar-refractivity contribution is 6.02. The fraction of sp³-hybridized carbons (Fsp3) is 0.391. The molecule has 1 aliphatic rings. The summed E-state index contributed by atoms with van der Waals surface area (Å²) >= 11 is 0. The van der Waals surface area contributed by atoms with Gasteiger partial charge in [0.1, 0.15) is 17.7 Å². The average molecular weight is 445 g/mol. The number of rotatable bonds is 6. The van der Waals surface area contributed by atoms with Crippen LogP contribution in [0.2, 0.25) is 0 Å². The molecule has 8 nitrogen and oxygen atoms in total. The predicted molar refractivity (Wildman–Crippen MR) is 121 cm³/mol. The molecule has 3 atom stereocenters. The van der Waals surface area contributed by atoms with E-state index in [1.807, 2.05) is 14.0 Å². The fourth-order valence-corrected chi connectivity index (χ4v) is 3.57. The lowest BCUT2D eigenvalue weighted by Gasteiger charge is -2.37. The number of carbonyl (C=O) groups excluding carboxylic acids is 2. The van der Waals surface area contributed by atoms with Crippen LogP contribution in [0.15, 0.2) is 42.5 Å². The monoisotopic (exact) mass is 444 g/mol. The minimum atomic E-state index is -0.530. The lowest BCUT2D eigenvalue weighted by atomic mass is 9.99. The second-order valence-electron chi connectivity index (χ2n) is 7.98. The number of hydrogen-bond donors (Lipinski definition) is 4. The molecule has 0 bridgehead atoms. The first-order valence-corrected chi connectivity index (χ1v) is 10.5. The van der Waals surface area contributed by atoms with E-state index in [0.29, 0.717) is 35.8 Å². The second kappa shape index (κ2) is 10.4. The molecule has 4 N–H and O–H groups in total. The maximum absolute atomic E-state index is 13.3. The smallest absolute Gasteiger partial charge is 0.323 e. The summed E-state index contributed by atoms with van der Waals surface area (Å²) in [6, 6.07) is 9.36. The molecule has 3 amide bonds. The Kier molecular flexibility index (Phi) is 7.66. The number of aliphatic hydroxyl groups is 1. The number of nitrogens with zero attached hydrogens (tertiary/aromatic N) is 1. The van der Waals surface area contributed by atoms with Gasteiger partial charge in [0.05, 0.1) is 18.2 Å². The number of aliphatic hydroxyl groups excluding tert-OH is 1. The van der Waals surface area contributed by atoms with E-state index >= 15 is 0 Å². The number of fused-ring (bicyclic) bond motifs is 1. The Hall–Kier alpha value is -3.17. The number of ether oxygens (including phenoxy) is 1. The standard InChI is InChI=1S/C23H29FN4O4/c1-14-12-28(15(2)13-29)22(30)19-10-18(8-9-20(19)32-21(14)11-25-3)27-23(31)26-17-6-4-16(24)5-7-17/h4-10,14-15,21,25,29H,11-13H2,1-3H3,(H2,26,27,31)/t14-,15-,21-/m0/s1. The van der Waals surface area contributed by atoms with Crippen molar-refractivity contribution >= 4 is 23.3 Å². The van der Waals surface area contributed by atoms with Gasteiger partial charge in [0.25, 0.3) is 5.91 Å². The van der Waals surface area contributed by atoms with Gasteiger partial charge in [0.15, 0.2) is 0 Å². The summed E-state index contributed by atoms with van der Waals surface area (Å²) in [5.74, 6) is -0.225. The van der Waals surface area contributed by atoms with Crippen LogP contribution >= 0.6 is 0 Å². The largest absolute Gasteiger partial charge is 0.488 e. The van der Waals surface area contributed by atoms with Gasteiger partial charge in [-0.25, -0.2) is 9.18 Å². The molecule has 0 spiro atoms. The predicted octanol–water partition coefficient (Wildman–Crippen LogP) is 2.91. The molecule has 0 saturated carbocycles. The fourth-order valence-electron chi connectivity index (χ4n) is 3.57. The van der Waals surface area contributed by atoms with Crippen LogP contribution < -0.4 is 20.7 Å². The number of amides is 3. The Bertz CT molecular complexity index is 954. The summed E-state index contributed by atoms with van der Waals surface area (Å²) in [5.41, 5.74) is 1.13. The van der Waals surface area contributed by atoms with Gasteiger partial charge in [-0.15, -0.1) is 0 Å². The van der Waals surface area contributed by atoms with Gasteiger partial charge in [-0.05, 0) is 56.4 Å². The maximum Gasteiger partial charge on any atom is 0.323 e. The van der Waals surface area contributed by atoms with Crippen LogP contribution in [-0.2, 0) is 0 Å². The SMILES string of the molecule is CNC[C@@H]1Oc2ccc(NC(=O)Nc3ccc(F)cc3)cc2C(=O)N([C@@H](C)CO)C[C@@H]1C. The first kappa shape index (κ1) is 23.5. The molecule has 0 unspecified atom stereocenters. The topological polar surface area (TPSA) is 103 Å². The van der Waals surface area contributed by atoms with E-state index in [-0.39, 0.29) is 30.6 Å². The van der Waals surface area contributed by atoms with Crippen molar-refractivity contribution in [3.63, 3.8) is 0 Å². The average Bonchev–Trinajstić information content (AvgIpc) is 2.77. The molecule has 0 radical (unpaired) electrons. The van der Waals surface area contributed by atoms with E-state index in [1.54, 1.807) is 30.0 Å². The highest BCUT2D eigenvalue weighted by atomic mass is 19.1. The van der Waals surface area contributed by atoms with Gasteiger partial charge in [0.2, 0.25) is 0 Å². The van der Waals surface area contributed by atoms with Gasteiger partial charge in [-0.1, -0.05) is 6.92 Å². The number of likely N-dealkylation sites (N-methyl/N-ethyl adjacent to an activating group) is 1. The van der Waals surface area contributed by atoms with Crippen LogP contribution in [0.4, 0.5) is 20.6 Å². The normalized spacial score (nSPS) is 19.3. The number of halogens is 1. The van der Waals surface area contributed by atoms with Crippen molar-refractivity contribution in [1.82, 2.24) is 10.2 Å². The number of urea groups is 1. The summed E-state index contributed by atoms with van der Waals surface area (Å²) in [6.45, 7) is 4.65. The molecule has 0 aliphatic carbocycles. The van der Waals surface area contributed by atoms with Crippen molar-refractivity contribution in [3.8, 4) is 5.75 Å². The third kappa shape index (κ3) is 5.54. The Morgan fingerprint density at radius 1 is 1.22 bits per heavy atom. The molecule has 2 aromatic rings. The molecular formula is C23H29FN4O4. The quantitative estimate of drug-likeness (QED) is 0.549. The molecule has 1 heterocycles. The number of anilines is 2. The van der Waals surface area contributed by atoms with E-state index in [4.69, 9.17) is 4.74 Å². The lowest BCUT2D eigenvalue weighted by molar-refractivity contribution is 0.0416. The molecule has 172 valence electrons. The minimum Gasteiger partial charge on any atom is -0.488 e. The minimum absolute atomic E-state index is 0.0350. The zero-order valence-electron chi connectivity index (χ0n) is 18.4. The Labute approximate surface area is 186 Å². The number of hydrogen-bond acceptors (Lipinski definition) is 5. The molecule has 0 fully saturated rings. The Morgan fingerprint density at radius 2 is 1.88 bits per heavy atom. The maximum atomic E-state index is 13.3. The number of benzene rings is 2. The van der Waals surface area contributed by atoms with Crippen molar-refractivity contribution in [2.45, 2.75) is 26.0 Å². The highest BCUT2D eigenvalue weighted by Gasteiger charge is 2.32. The van der Waals surface area contributed by atoms with Crippen LogP contribution in [0.5, 0.6) is 5.75 Å².